The quantitative estimate of drug-likeness (QED) is 0.577. The minimum absolute atomic E-state index is 0.0644. The summed E-state index contributed by atoms with van der Waals surface area (Å²) in [5, 5.41) is 0. The van der Waals surface area contributed by atoms with E-state index in [1.165, 1.54) is 4.90 Å². The molecule has 0 radical (unpaired) electrons. The average molecular weight is 265 g/mol. The van der Waals surface area contributed by atoms with Gasteiger partial charge in [-0.3, -0.25) is 9.69 Å². The van der Waals surface area contributed by atoms with E-state index in [-0.39, 0.29) is 11.3 Å². The summed E-state index contributed by atoms with van der Waals surface area (Å²) < 4.78 is 0. The molecule has 0 unspecified atom stereocenters. The van der Waals surface area contributed by atoms with Gasteiger partial charge in [0.2, 0.25) is 0 Å². The number of nitrogens with zero attached hydrogens (tertiary/aromatic N) is 1. The summed E-state index contributed by atoms with van der Waals surface area (Å²) in [4.78, 5) is 15.5. The highest BCUT2D eigenvalue weighted by Crippen LogP contribution is 2.18. The highest BCUT2D eigenvalue weighted by molar-refractivity contribution is 7.98. The van der Waals surface area contributed by atoms with Gasteiger partial charge in [0.1, 0.15) is 0 Å². The standard InChI is InChI=1S/C15H23NOS/c1-6-15(2,3)16(4)11-14(17)12-7-9-13(18-5)10-8-12/h7-10H,6,11H2,1-5H3. The molecule has 100 valence electrons. The SMILES string of the molecule is CCC(C)(C)N(C)CC(=O)c1ccc(SC)cc1. The second-order valence-corrected chi connectivity index (χ2v) is 6.05. The lowest BCUT2D eigenvalue weighted by Crippen LogP contribution is -2.43. The van der Waals surface area contributed by atoms with E-state index in [0.29, 0.717) is 6.54 Å². The van der Waals surface area contributed by atoms with E-state index in [9.17, 15) is 4.79 Å². The van der Waals surface area contributed by atoms with Crippen LogP contribution < -0.4 is 0 Å². The number of benzene rings is 1. The zero-order chi connectivity index (χ0) is 13.8. The lowest BCUT2D eigenvalue weighted by molar-refractivity contribution is 0.0847. The van der Waals surface area contributed by atoms with E-state index in [0.717, 1.165) is 12.0 Å². The summed E-state index contributed by atoms with van der Waals surface area (Å²) in [7, 11) is 2.01. The topological polar surface area (TPSA) is 20.3 Å². The number of rotatable bonds is 6. The summed E-state index contributed by atoms with van der Waals surface area (Å²) in [6.45, 7) is 6.95. The number of ketones is 1. The van der Waals surface area contributed by atoms with Crippen LogP contribution in [0.3, 0.4) is 0 Å². The molecule has 0 atom stereocenters. The monoisotopic (exact) mass is 265 g/mol. The van der Waals surface area contributed by atoms with Crippen LogP contribution in [-0.2, 0) is 0 Å². The van der Waals surface area contributed by atoms with Crippen molar-refractivity contribution in [1.29, 1.82) is 0 Å². The summed E-state index contributed by atoms with van der Waals surface area (Å²) in [5.41, 5.74) is 0.862. The molecule has 1 rings (SSSR count). The lowest BCUT2D eigenvalue weighted by Gasteiger charge is -2.34. The van der Waals surface area contributed by atoms with Gasteiger partial charge in [-0.2, -0.15) is 0 Å². The van der Waals surface area contributed by atoms with Crippen LogP contribution in [0.5, 0.6) is 0 Å². The first-order valence-corrected chi connectivity index (χ1v) is 7.51. The van der Waals surface area contributed by atoms with Crippen LogP contribution in [-0.4, -0.2) is 36.1 Å². The van der Waals surface area contributed by atoms with Crippen molar-refractivity contribution in [3.63, 3.8) is 0 Å². The Hall–Kier alpha value is -0.800. The molecule has 0 saturated heterocycles. The van der Waals surface area contributed by atoms with Crippen LogP contribution in [0.1, 0.15) is 37.6 Å². The Morgan fingerprint density at radius 2 is 1.83 bits per heavy atom. The highest BCUT2D eigenvalue weighted by atomic mass is 32.2. The molecule has 3 heteroatoms. The van der Waals surface area contributed by atoms with Crippen molar-refractivity contribution in [1.82, 2.24) is 4.90 Å². The zero-order valence-corrected chi connectivity index (χ0v) is 12.8. The number of thioether (sulfide) groups is 1. The van der Waals surface area contributed by atoms with Gasteiger partial charge in [0, 0.05) is 16.0 Å². The Labute approximate surface area is 115 Å². The van der Waals surface area contributed by atoms with Crippen LogP contribution in [0.15, 0.2) is 29.2 Å². The summed E-state index contributed by atoms with van der Waals surface area (Å²) in [6, 6.07) is 7.84. The number of Topliss-reactive ketones (excluding diaryl/α,β-unsaturated/α-hetero) is 1. The molecule has 0 amide bonds. The molecule has 0 aliphatic carbocycles. The molecule has 2 nitrogen and oxygen atoms in total. The fourth-order valence-corrected chi connectivity index (χ4v) is 1.98. The molecular weight excluding hydrogens is 242 g/mol. The van der Waals surface area contributed by atoms with E-state index >= 15 is 0 Å². The predicted octanol–water partition coefficient (Wildman–Crippen LogP) is 3.71. The molecule has 0 fully saturated rings. The van der Waals surface area contributed by atoms with Crippen LogP contribution in [0.4, 0.5) is 0 Å². The van der Waals surface area contributed by atoms with Gasteiger partial charge >= 0.3 is 0 Å². The first-order chi connectivity index (χ1) is 8.40. The Morgan fingerprint density at radius 3 is 2.28 bits per heavy atom. The Bertz CT molecular complexity index is 397. The highest BCUT2D eigenvalue weighted by Gasteiger charge is 2.23. The number of carbonyl (C=O) groups is 1. The molecule has 0 spiro atoms. The maximum absolute atomic E-state index is 12.2. The first kappa shape index (κ1) is 15.3. The molecule has 0 aromatic heterocycles. The van der Waals surface area contributed by atoms with Gasteiger partial charge in [0.05, 0.1) is 6.54 Å². The van der Waals surface area contributed by atoms with Gasteiger partial charge in [-0.15, -0.1) is 11.8 Å². The fourth-order valence-electron chi connectivity index (χ4n) is 1.57. The third-order valence-corrected chi connectivity index (χ3v) is 4.43. The minimum atomic E-state index is 0.0644. The largest absolute Gasteiger partial charge is 0.294 e. The Kier molecular flexibility index (Phi) is 5.42. The molecule has 0 N–H and O–H groups in total. The van der Waals surface area contributed by atoms with E-state index in [1.54, 1.807) is 11.8 Å². The van der Waals surface area contributed by atoms with E-state index in [4.69, 9.17) is 0 Å². The normalized spacial score (nSPS) is 11.9. The molecule has 0 saturated carbocycles. The van der Waals surface area contributed by atoms with Crippen molar-refractivity contribution in [2.24, 2.45) is 0 Å². The maximum Gasteiger partial charge on any atom is 0.176 e. The third kappa shape index (κ3) is 3.85. The predicted molar refractivity (Wildman–Crippen MR) is 79.6 cm³/mol. The molecular formula is C15H23NOS. The summed E-state index contributed by atoms with van der Waals surface area (Å²) in [5.74, 6) is 0.187. The number of likely N-dealkylation sites (N-methyl/N-ethyl adjacent to an activating group) is 1. The minimum Gasteiger partial charge on any atom is -0.294 e. The van der Waals surface area contributed by atoms with Crippen molar-refractivity contribution in [2.75, 3.05) is 19.8 Å². The molecule has 0 bridgehead atoms. The molecule has 0 aliphatic heterocycles. The van der Waals surface area contributed by atoms with Crippen molar-refractivity contribution in [2.45, 2.75) is 37.6 Å². The van der Waals surface area contributed by atoms with Crippen LogP contribution in [0, 0.1) is 0 Å². The number of carbonyl (C=O) groups excluding carboxylic acids is 1. The third-order valence-electron chi connectivity index (χ3n) is 3.69. The molecule has 0 aliphatic rings. The van der Waals surface area contributed by atoms with Crippen molar-refractivity contribution in [3.05, 3.63) is 29.8 Å². The van der Waals surface area contributed by atoms with Gasteiger partial charge in [-0.05, 0) is 45.7 Å². The van der Waals surface area contributed by atoms with Crippen molar-refractivity contribution >= 4 is 17.5 Å². The van der Waals surface area contributed by atoms with Gasteiger partial charge in [-0.1, -0.05) is 19.1 Å². The van der Waals surface area contributed by atoms with Crippen LogP contribution in [0.25, 0.3) is 0 Å². The second kappa shape index (κ2) is 6.39. The van der Waals surface area contributed by atoms with E-state index in [1.807, 2.05) is 37.6 Å². The first-order valence-electron chi connectivity index (χ1n) is 6.29. The summed E-state index contributed by atoms with van der Waals surface area (Å²) in [6.07, 6.45) is 3.07. The molecule has 18 heavy (non-hydrogen) atoms. The average Bonchev–Trinajstić information content (AvgIpc) is 2.38. The molecule has 0 heterocycles. The maximum atomic E-state index is 12.2. The van der Waals surface area contributed by atoms with Gasteiger partial charge in [0.15, 0.2) is 5.78 Å². The van der Waals surface area contributed by atoms with Gasteiger partial charge < -0.3 is 0 Å². The van der Waals surface area contributed by atoms with Crippen LogP contribution >= 0.6 is 11.8 Å². The Balaban J connectivity index is 2.70. The smallest absolute Gasteiger partial charge is 0.176 e. The van der Waals surface area contributed by atoms with Crippen molar-refractivity contribution in [3.8, 4) is 0 Å². The molecule has 1 aromatic rings. The van der Waals surface area contributed by atoms with Crippen LogP contribution in [0.2, 0.25) is 0 Å². The fraction of sp³-hybridized carbons (Fsp3) is 0.533. The summed E-state index contributed by atoms with van der Waals surface area (Å²) >= 11 is 1.69. The van der Waals surface area contributed by atoms with Gasteiger partial charge in [0.25, 0.3) is 0 Å². The van der Waals surface area contributed by atoms with E-state index < -0.39 is 0 Å². The number of hydrogen-bond donors (Lipinski definition) is 0. The number of hydrogen-bond acceptors (Lipinski definition) is 3. The zero-order valence-electron chi connectivity index (χ0n) is 12.0. The van der Waals surface area contributed by atoms with Crippen molar-refractivity contribution < 1.29 is 4.79 Å². The Morgan fingerprint density at radius 1 is 1.28 bits per heavy atom. The molecule has 1 aromatic carbocycles. The van der Waals surface area contributed by atoms with Gasteiger partial charge in [-0.25, -0.2) is 0 Å². The lowest BCUT2D eigenvalue weighted by atomic mass is 9.99. The second-order valence-electron chi connectivity index (χ2n) is 5.17. The van der Waals surface area contributed by atoms with E-state index in [2.05, 4.69) is 25.7 Å².